The molecule has 0 saturated heterocycles. The summed E-state index contributed by atoms with van der Waals surface area (Å²) in [6.07, 6.45) is -4.34. The summed E-state index contributed by atoms with van der Waals surface area (Å²) in [5.74, 6) is -0.865. The van der Waals surface area contributed by atoms with Crippen LogP contribution in [0.5, 0.6) is 0 Å². The van der Waals surface area contributed by atoms with E-state index in [0.29, 0.717) is 13.1 Å². The van der Waals surface area contributed by atoms with Crippen molar-refractivity contribution < 1.29 is 18.0 Å². The minimum atomic E-state index is -4.34. The minimum Gasteiger partial charge on any atom is -0.333 e. The van der Waals surface area contributed by atoms with Gasteiger partial charge in [-0.05, 0) is 12.5 Å². The van der Waals surface area contributed by atoms with Crippen LogP contribution >= 0.6 is 0 Å². The van der Waals surface area contributed by atoms with Crippen LogP contribution in [-0.2, 0) is 4.79 Å². The number of hydrogen-bond donors (Lipinski definition) is 1. The highest BCUT2D eigenvalue weighted by Crippen LogP contribution is 2.18. The zero-order chi connectivity index (χ0) is 14.3. The molecule has 0 aliphatic rings. The summed E-state index contributed by atoms with van der Waals surface area (Å²) in [7, 11) is 0. The average molecular weight is 268 g/mol. The number of carbonyl (C=O) groups excluding carboxylic acids is 1. The number of amides is 1. The van der Waals surface area contributed by atoms with E-state index in [9.17, 15) is 18.0 Å². The summed E-state index contributed by atoms with van der Waals surface area (Å²) >= 11 is 0. The van der Waals surface area contributed by atoms with Gasteiger partial charge in [0, 0.05) is 19.0 Å². The van der Waals surface area contributed by atoms with Crippen molar-refractivity contribution in [1.82, 2.24) is 10.2 Å². The molecule has 1 unspecified atom stereocenters. The van der Waals surface area contributed by atoms with Gasteiger partial charge in [-0.2, -0.15) is 13.2 Å². The van der Waals surface area contributed by atoms with Crippen LogP contribution in [0.3, 0.4) is 0 Å². The van der Waals surface area contributed by atoms with E-state index in [1.807, 2.05) is 6.92 Å². The summed E-state index contributed by atoms with van der Waals surface area (Å²) in [6, 6.07) is 0. The van der Waals surface area contributed by atoms with E-state index in [1.165, 1.54) is 0 Å². The molecule has 0 fully saturated rings. The predicted octanol–water partition coefficient (Wildman–Crippen LogP) is 2.28. The largest absolute Gasteiger partial charge is 0.406 e. The molecule has 0 aromatic rings. The van der Waals surface area contributed by atoms with Crippen LogP contribution < -0.4 is 5.32 Å². The molecule has 1 atom stereocenters. The Bertz CT molecular complexity index is 254. The Kier molecular flexibility index (Phi) is 7.28. The van der Waals surface area contributed by atoms with Gasteiger partial charge < -0.3 is 10.2 Å². The van der Waals surface area contributed by atoms with Crippen LogP contribution in [0.1, 0.15) is 27.7 Å². The third kappa shape index (κ3) is 7.53. The van der Waals surface area contributed by atoms with E-state index in [2.05, 4.69) is 5.32 Å². The molecule has 0 aromatic carbocycles. The van der Waals surface area contributed by atoms with Gasteiger partial charge in [-0.25, -0.2) is 0 Å². The molecule has 18 heavy (non-hydrogen) atoms. The van der Waals surface area contributed by atoms with Crippen LogP contribution in [0, 0.1) is 11.8 Å². The lowest BCUT2D eigenvalue weighted by Crippen LogP contribution is -2.45. The van der Waals surface area contributed by atoms with Gasteiger partial charge in [0.1, 0.15) is 6.54 Å². The van der Waals surface area contributed by atoms with Crippen LogP contribution in [0.4, 0.5) is 13.2 Å². The van der Waals surface area contributed by atoms with Gasteiger partial charge in [0.2, 0.25) is 5.91 Å². The predicted molar refractivity (Wildman–Crippen MR) is 65.2 cm³/mol. The highest BCUT2D eigenvalue weighted by Gasteiger charge is 2.34. The summed E-state index contributed by atoms with van der Waals surface area (Å²) in [4.78, 5) is 12.9. The molecule has 0 saturated carbocycles. The Balaban J connectivity index is 4.58. The van der Waals surface area contributed by atoms with Crippen molar-refractivity contribution in [3.8, 4) is 0 Å². The van der Waals surface area contributed by atoms with Crippen molar-refractivity contribution in [3.63, 3.8) is 0 Å². The number of nitrogens with zero attached hydrogens (tertiary/aromatic N) is 1. The molecular formula is C12H23F3N2O. The smallest absolute Gasteiger partial charge is 0.333 e. The third-order valence-corrected chi connectivity index (χ3v) is 2.39. The Morgan fingerprint density at radius 2 is 1.83 bits per heavy atom. The highest BCUT2D eigenvalue weighted by atomic mass is 19.4. The van der Waals surface area contributed by atoms with Crippen LogP contribution in [0.2, 0.25) is 0 Å². The Labute approximate surface area is 107 Å². The van der Waals surface area contributed by atoms with Gasteiger partial charge in [0.25, 0.3) is 0 Å². The Morgan fingerprint density at radius 3 is 2.22 bits per heavy atom. The number of alkyl halides is 3. The van der Waals surface area contributed by atoms with Crippen molar-refractivity contribution in [2.24, 2.45) is 11.8 Å². The second-order valence-corrected chi connectivity index (χ2v) is 4.94. The summed E-state index contributed by atoms with van der Waals surface area (Å²) in [5, 5.41) is 2.97. The highest BCUT2D eigenvalue weighted by molar-refractivity contribution is 5.78. The second kappa shape index (κ2) is 7.61. The summed E-state index contributed by atoms with van der Waals surface area (Å²) < 4.78 is 37.3. The molecule has 0 aliphatic heterocycles. The first kappa shape index (κ1) is 17.2. The first-order valence-electron chi connectivity index (χ1n) is 6.23. The van der Waals surface area contributed by atoms with Crippen molar-refractivity contribution in [2.75, 3.05) is 26.2 Å². The van der Waals surface area contributed by atoms with Gasteiger partial charge >= 0.3 is 6.18 Å². The van der Waals surface area contributed by atoms with Crippen molar-refractivity contribution in [1.29, 1.82) is 0 Å². The molecule has 0 aromatic heterocycles. The molecule has 0 heterocycles. The van der Waals surface area contributed by atoms with Gasteiger partial charge in [0.05, 0.1) is 0 Å². The lowest BCUT2D eigenvalue weighted by molar-refractivity contribution is -0.164. The van der Waals surface area contributed by atoms with E-state index in [4.69, 9.17) is 0 Å². The van der Waals surface area contributed by atoms with E-state index < -0.39 is 24.5 Å². The fourth-order valence-electron chi connectivity index (χ4n) is 1.65. The number of nitrogens with one attached hydrogen (secondary N) is 1. The topological polar surface area (TPSA) is 32.3 Å². The molecular weight excluding hydrogens is 245 g/mol. The van der Waals surface area contributed by atoms with E-state index >= 15 is 0 Å². The third-order valence-electron chi connectivity index (χ3n) is 2.39. The SMILES string of the molecule is CCNCC(C)C(=O)N(CC(C)C)CC(F)(F)F. The molecule has 0 spiro atoms. The molecule has 0 radical (unpaired) electrons. The van der Waals surface area contributed by atoms with Crippen LogP contribution in [0.25, 0.3) is 0 Å². The molecule has 108 valence electrons. The zero-order valence-corrected chi connectivity index (χ0v) is 11.5. The Hall–Kier alpha value is -0.780. The molecule has 1 N–H and O–H groups in total. The minimum absolute atomic E-state index is 0.0163. The summed E-state index contributed by atoms with van der Waals surface area (Å²) in [6.45, 7) is 7.20. The fraction of sp³-hybridized carbons (Fsp3) is 0.917. The molecule has 3 nitrogen and oxygen atoms in total. The number of rotatable bonds is 7. The first-order chi connectivity index (χ1) is 8.17. The molecule has 0 aliphatic carbocycles. The fourth-order valence-corrected chi connectivity index (χ4v) is 1.65. The molecule has 6 heteroatoms. The number of hydrogen-bond acceptors (Lipinski definition) is 2. The Morgan fingerprint density at radius 1 is 1.28 bits per heavy atom. The van der Waals surface area contributed by atoms with E-state index in [-0.39, 0.29) is 12.5 Å². The molecule has 1 amide bonds. The van der Waals surface area contributed by atoms with Crippen LogP contribution in [-0.4, -0.2) is 43.2 Å². The maximum atomic E-state index is 12.4. The average Bonchev–Trinajstić information content (AvgIpc) is 2.21. The zero-order valence-electron chi connectivity index (χ0n) is 11.5. The van der Waals surface area contributed by atoms with Crippen molar-refractivity contribution >= 4 is 5.91 Å². The first-order valence-corrected chi connectivity index (χ1v) is 6.23. The molecule has 0 bridgehead atoms. The lowest BCUT2D eigenvalue weighted by atomic mass is 10.1. The number of carbonyl (C=O) groups is 1. The van der Waals surface area contributed by atoms with Gasteiger partial charge in [0.15, 0.2) is 0 Å². The van der Waals surface area contributed by atoms with E-state index in [0.717, 1.165) is 4.90 Å². The second-order valence-electron chi connectivity index (χ2n) is 4.94. The normalized spacial score (nSPS) is 13.8. The van der Waals surface area contributed by atoms with Gasteiger partial charge in [-0.3, -0.25) is 4.79 Å². The molecule has 0 rings (SSSR count). The monoisotopic (exact) mass is 268 g/mol. The van der Waals surface area contributed by atoms with Gasteiger partial charge in [-0.1, -0.05) is 27.7 Å². The standard InChI is InChI=1S/C12H23F3N2O/c1-5-16-6-10(4)11(18)17(7-9(2)3)8-12(13,14)15/h9-10,16H,5-8H2,1-4H3. The van der Waals surface area contributed by atoms with E-state index in [1.54, 1.807) is 20.8 Å². The van der Waals surface area contributed by atoms with Crippen LogP contribution in [0.15, 0.2) is 0 Å². The number of halogens is 3. The lowest BCUT2D eigenvalue weighted by Gasteiger charge is -2.28. The maximum absolute atomic E-state index is 12.4. The van der Waals surface area contributed by atoms with Gasteiger partial charge in [-0.15, -0.1) is 0 Å². The van der Waals surface area contributed by atoms with Crippen molar-refractivity contribution in [2.45, 2.75) is 33.9 Å². The maximum Gasteiger partial charge on any atom is 0.406 e. The quantitative estimate of drug-likeness (QED) is 0.768. The van der Waals surface area contributed by atoms with Crippen molar-refractivity contribution in [3.05, 3.63) is 0 Å². The summed E-state index contributed by atoms with van der Waals surface area (Å²) in [5.41, 5.74) is 0.